The largest absolute Gasteiger partial charge is 0.392 e. The molecule has 0 saturated carbocycles. The molecule has 10 heteroatoms. The molecular formula is C41H49N3O7. The van der Waals surface area contributed by atoms with Crippen molar-refractivity contribution in [3.05, 3.63) is 131 Å². The highest BCUT2D eigenvalue weighted by Crippen LogP contribution is 2.39. The van der Waals surface area contributed by atoms with Crippen LogP contribution in [0.4, 0.5) is 0 Å². The van der Waals surface area contributed by atoms with Crippen LogP contribution in [0, 0.1) is 0 Å². The lowest BCUT2D eigenvalue weighted by molar-refractivity contribution is -0.253. The molecule has 4 aromatic rings. The van der Waals surface area contributed by atoms with Crippen molar-refractivity contribution in [1.82, 2.24) is 15.7 Å². The van der Waals surface area contributed by atoms with E-state index in [1.54, 1.807) is 5.48 Å². The summed E-state index contributed by atoms with van der Waals surface area (Å²) in [6, 6.07) is 33.4. The Bertz CT molecular complexity index is 1680. The molecule has 0 radical (unpaired) electrons. The Morgan fingerprint density at radius 3 is 2.18 bits per heavy atom. The summed E-state index contributed by atoms with van der Waals surface area (Å²) in [5.41, 5.74) is 8.17. The van der Waals surface area contributed by atoms with Crippen LogP contribution in [0.3, 0.4) is 0 Å². The van der Waals surface area contributed by atoms with E-state index >= 15 is 0 Å². The fraction of sp³-hybridized carbons (Fsp3) is 0.366. The molecule has 10 nitrogen and oxygen atoms in total. The fourth-order valence-corrected chi connectivity index (χ4v) is 6.38. The third-order valence-electron chi connectivity index (χ3n) is 9.57. The lowest BCUT2D eigenvalue weighted by atomic mass is 9.97. The maximum atomic E-state index is 12.5. The molecule has 5 rings (SSSR count). The summed E-state index contributed by atoms with van der Waals surface area (Å²) >= 11 is 0. The summed E-state index contributed by atoms with van der Waals surface area (Å²) in [7, 11) is 2.00. The van der Waals surface area contributed by atoms with Gasteiger partial charge in [-0.1, -0.05) is 103 Å². The standard InChI is InChI=1S/C41H49N3O7/c1-28(40(48)32-10-4-3-5-11-32)44(2)26-35-24-37(31-18-16-29(27-45)17-19-31)51-41(50-35)33-22-20-30(21-23-33)36-13-7-6-12-34(36)25-42-38(46)14-8-9-15-39(47)43-49/h3-7,10-13,16-23,28,35,37,40-41,45,48-49H,8-9,14-15,24-27H2,1-2H3,(H,42,46)(H,43,47)/t28-,35+,37-,40-,41-/m0/s1. The lowest BCUT2D eigenvalue weighted by Gasteiger charge is -2.39. The zero-order valence-electron chi connectivity index (χ0n) is 29.3. The molecule has 0 unspecified atom stereocenters. The molecule has 0 bridgehead atoms. The number of nitrogens with zero attached hydrogens (tertiary/aromatic N) is 1. The average molecular weight is 696 g/mol. The highest BCUT2D eigenvalue weighted by atomic mass is 16.7. The van der Waals surface area contributed by atoms with Gasteiger partial charge >= 0.3 is 0 Å². The molecule has 1 heterocycles. The van der Waals surface area contributed by atoms with Gasteiger partial charge in [0.05, 0.1) is 24.9 Å². The number of benzene rings is 4. The fourth-order valence-electron chi connectivity index (χ4n) is 6.38. The SMILES string of the molecule is C[C@@H]([C@H](O)c1ccccc1)N(C)C[C@H]1C[C@@H](c2ccc(CO)cc2)O[C@@H](c2ccc(-c3ccccc3CNC(=O)CCCCC(=O)NO)cc2)O1. The zero-order chi connectivity index (χ0) is 36.2. The highest BCUT2D eigenvalue weighted by Gasteiger charge is 2.34. The van der Waals surface area contributed by atoms with E-state index in [9.17, 15) is 19.8 Å². The minimum Gasteiger partial charge on any atom is -0.392 e. The number of rotatable bonds is 16. The van der Waals surface area contributed by atoms with Crippen molar-refractivity contribution >= 4 is 11.8 Å². The van der Waals surface area contributed by atoms with Gasteiger partial charge in [0.2, 0.25) is 11.8 Å². The second-order valence-corrected chi connectivity index (χ2v) is 13.2. The first-order chi connectivity index (χ1) is 24.7. The molecule has 1 aliphatic rings. The highest BCUT2D eigenvalue weighted by molar-refractivity contribution is 5.77. The quantitative estimate of drug-likeness (QED) is 0.0536. The number of amides is 2. The van der Waals surface area contributed by atoms with Gasteiger partial charge < -0.3 is 25.0 Å². The van der Waals surface area contributed by atoms with Crippen molar-refractivity contribution in [2.45, 2.75) is 82.8 Å². The molecule has 1 saturated heterocycles. The Hall–Kier alpha value is -4.42. The first-order valence-electron chi connectivity index (χ1n) is 17.6. The number of hydrogen-bond acceptors (Lipinski definition) is 8. The van der Waals surface area contributed by atoms with Crippen LogP contribution in [0.2, 0.25) is 0 Å². The van der Waals surface area contributed by atoms with Crippen molar-refractivity contribution in [2.75, 3.05) is 13.6 Å². The smallest absolute Gasteiger partial charge is 0.243 e. The van der Waals surface area contributed by atoms with Crippen LogP contribution in [0.1, 0.15) is 85.3 Å². The van der Waals surface area contributed by atoms with Crippen LogP contribution in [0.5, 0.6) is 0 Å². The Morgan fingerprint density at radius 1 is 0.843 bits per heavy atom. The first kappa shape index (κ1) is 37.8. The summed E-state index contributed by atoms with van der Waals surface area (Å²) < 4.78 is 13.2. The molecule has 0 spiro atoms. The molecule has 5 N–H and O–H groups in total. The predicted octanol–water partition coefficient (Wildman–Crippen LogP) is 6.13. The maximum Gasteiger partial charge on any atom is 0.243 e. The van der Waals surface area contributed by atoms with Gasteiger partial charge in [-0.05, 0) is 60.2 Å². The summed E-state index contributed by atoms with van der Waals surface area (Å²) in [6.45, 7) is 2.95. The van der Waals surface area contributed by atoms with Gasteiger partial charge in [-0.3, -0.25) is 19.7 Å². The number of carbonyl (C=O) groups excluding carboxylic acids is 2. The van der Waals surface area contributed by atoms with Crippen molar-refractivity contribution in [3.63, 3.8) is 0 Å². The van der Waals surface area contributed by atoms with Crippen molar-refractivity contribution in [3.8, 4) is 11.1 Å². The van der Waals surface area contributed by atoms with Gasteiger partial charge in [-0.25, -0.2) is 5.48 Å². The summed E-state index contributed by atoms with van der Waals surface area (Å²) in [5, 5.41) is 32.3. The molecule has 270 valence electrons. The minimum absolute atomic E-state index is 0.0260. The molecule has 4 aromatic carbocycles. The van der Waals surface area contributed by atoms with E-state index in [1.165, 1.54) is 0 Å². The zero-order valence-corrected chi connectivity index (χ0v) is 29.3. The Kier molecular flexibility index (Phi) is 13.9. The second-order valence-electron chi connectivity index (χ2n) is 13.2. The van der Waals surface area contributed by atoms with Gasteiger partial charge in [0.15, 0.2) is 6.29 Å². The van der Waals surface area contributed by atoms with E-state index in [1.807, 2.05) is 117 Å². The summed E-state index contributed by atoms with van der Waals surface area (Å²) in [5.74, 6) is -0.552. The summed E-state index contributed by atoms with van der Waals surface area (Å²) in [4.78, 5) is 25.8. The van der Waals surface area contributed by atoms with Crippen LogP contribution < -0.4 is 10.8 Å². The Labute approximate surface area is 300 Å². The maximum absolute atomic E-state index is 12.5. The molecular weight excluding hydrogens is 646 g/mol. The van der Waals surface area contributed by atoms with Crippen LogP contribution >= 0.6 is 0 Å². The van der Waals surface area contributed by atoms with E-state index < -0.39 is 18.3 Å². The van der Waals surface area contributed by atoms with Crippen LogP contribution in [0.15, 0.2) is 103 Å². The van der Waals surface area contributed by atoms with E-state index in [0.717, 1.165) is 38.9 Å². The van der Waals surface area contributed by atoms with Gasteiger partial charge in [0, 0.05) is 44.0 Å². The van der Waals surface area contributed by atoms with Crippen LogP contribution in [-0.2, 0) is 32.2 Å². The predicted molar refractivity (Wildman–Crippen MR) is 194 cm³/mol. The Balaban J connectivity index is 1.27. The Morgan fingerprint density at radius 2 is 1.49 bits per heavy atom. The molecule has 1 aliphatic heterocycles. The van der Waals surface area contributed by atoms with Crippen molar-refractivity contribution in [1.29, 1.82) is 0 Å². The molecule has 0 aliphatic carbocycles. The van der Waals surface area contributed by atoms with E-state index in [0.29, 0.717) is 38.8 Å². The number of unbranched alkanes of at least 4 members (excludes halogenated alkanes) is 1. The topological polar surface area (TPSA) is 141 Å². The molecule has 5 atom stereocenters. The van der Waals surface area contributed by atoms with Gasteiger partial charge in [0.1, 0.15) is 0 Å². The number of nitrogens with one attached hydrogen (secondary N) is 2. The molecule has 51 heavy (non-hydrogen) atoms. The number of carbonyl (C=O) groups is 2. The van der Waals surface area contributed by atoms with E-state index in [4.69, 9.17) is 14.7 Å². The number of aliphatic hydroxyl groups excluding tert-OH is 2. The average Bonchev–Trinajstić information content (AvgIpc) is 3.18. The molecule has 1 fully saturated rings. The molecule has 2 amide bonds. The summed E-state index contributed by atoms with van der Waals surface area (Å²) in [6.07, 6.45) is 0.475. The second kappa shape index (κ2) is 18.7. The van der Waals surface area contributed by atoms with Gasteiger partial charge in [-0.15, -0.1) is 0 Å². The normalized spacial score (nSPS) is 18.6. The lowest BCUT2D eigenvalue weighted by Crippen LogP contribution is -2.43. The van der Waals surface area contributed by atoms with Crippen molar-refractivity contribution in [2.24, 2.45) is 0 Å². The molecule has 0 aromatic heterocycles. The van der Waals surface area contributed by atoms with E-state index in [-0.39, 0.29) is 37.2 Å². The number of likely N-dealkylation sites (N-methyl/N-ethyl adjacent to an activating group) is 1. The van der Waals surface area contributed by atoms with Crippen molar-refractivity contribution < 1.29 is 34.5 Å². The minimum atomic E-state index is -0.649. The van der Waals surface area contributed by atoms with Crippen LogP contribution in [0.25, 0.3) is 11.1 Å². The number of ether oxygens (including phenoxy) is 2. The van der Waals surface area contributed by atoms with E-state index in [2.05, 4.69) is 10.2 Å². The number of hydrogen-bond donors (Lipinski definition) is 5. The number of hydroxylamine groups is 1. The third-order valence-corrected chi connectivity index (χ3v) is 9.57. The first-order valence-corrected chi connectivity index (χ1v) is 17.6. The third kappa shape index (κ3) is 10.6. The van der Waals surface area contributed by atoms with Crippen LogP contribution in [-0.4, -0.2) is 57.9 Å². The number of aliphatic hydroxyl groups is 2. The van der Waals surface area contributed by atoms with Gasteiger partial charge in [0.25, 0.3) is 0 Å². The van der Waals surface area contributed by atoms with Gasteiger partial charge in [-0.2, -0.15) is 0 Å². The monoisotopic (exact) mass is 695 g/mol.